The predicted molar refractivity (Wildman–Crippen MR) is 74.9 cm³/mol. The molecule has 5 heteroatoms. The van der Waals surface area contributed by atoms with Crippen LogP contribution in [0.25, 0.3) is 0 Å². The van der Waals surface area contributed by atoms with Gasteiger partial charge >= 0.3 is 0 Å². The van der Waals surface area contributed by atoms with Crippen molar-refractivity contribution in [2.75, 3.05) is 14.2 Å². The first kappa shape index (κ1) is 15.4. The first-order valence-electron chi connectivity index (χ1n) is 6.45. The summed E-state index contributed by atoms with van der Waals surface area (Å²) in [5.41, 5.74) is 0.147. The molecule has 1 N–H and O–H groups in total. The van der Waals surface area contributed by atoms with Gasteiger partial charge in [0.1, 0.15) is 23.2 Å². The Hall–Kier alpha value is -2.01. The van der Waals surface area contributed by atoms with E-state index in [2.05, 4.69) is 5.32 Å². The Bertz CT molecular complexity index is 658. The van der Waals surface area contributed by atoms with Gasteiger partial charge < -0.3 is 10.1 Å². The van der Waals surface area contributed by atoms with Gasteiger partial charge in [-0.15, -0.1) is 0 Å². The molecular weight excluding hydrogens is 279 g/mol. The third-order valence-corrected chi connectivity index (χ3v) is 3.42. The molecule has 0 bridgehead atoms. The van der Waals surface area contributed by atoms with Crippen molar-refractivity contribution in [1.82, 2.24) is 5.32 Å². The highest BCUT2D eigenvalue weighted by Gasteiger charge is 2.27. The molecule has 0 aliphatic rings. The van der Waals surface area contributed by atoms with Crippen LogP contribution in [0.3, 0.4) is 0 Å². The van der Waals surface area contributed by atoms with Crippen molar-refractivity contribution in [2.45, 2.75) is 13.0 Å². The van der Waals surface area contributed by atoms with Crippen molar-refractivity contribution in [2.24, 2.45) is 0 Å². The van der Waals surface area contributed by atoms with Crippen LogP contribution in [0.2, 0.25) is 0 Å². The molecule has 2 rings (SSSR count). The quantitative estimate of drug-likeness (QED) is 0.928. The molecule has 0 radical (unpaired) electrons. The molecule has 0 fully saturated rings. The lowest BCUT2D eigenvalue weighted by atomic mass is 9.95. The first-order valence-corrected chi connectivity index (χ1v) is 6.45. The minimum absolute atomic E-state index is 0.0749. The van der Waals surface area contributed by atoms with E-state index in [1.54, 1.807) is 6.07 Å². The van der Waals surface area contributed by atoms with Crippen LogP contribution in [0, 0.1) is 24.4 Å². The SMILES string of the molecule is CNC(c1c(F)cccc1OC)c1c(F)ccc(C)c1F. The van der Waals surface area contributed by atoms with Crippen molar-refractivity contribution < 1.29 is 17.9 Å². The van der Waals surface area contributed by atoms with Crippen LogP contribution in [0.15, 0.2) is 30.3 Å². The third-order valence-electron chi connectivity index (χ3n) is 3.42. The largest absolute Gasteiger partial charge is 0.496 e. The molecule has 0 aliphatic heterocycles. The highest BCUT2D eigenvalue weighted by Crippen LogP contribution is 2.35. The highest BCUT2D eigenvalue weighted by molar-refractivity contribution is 5.44. The molecule has 0 spiro atoms. The number of hydrogen-bond donors (Lipinski definition) is 1. The first-order chi connectivity index (χ1) is 10.0. The van der Waals surface area contributed by atoms with Crippen molar-refractivity contribution in [3.63, 3.8) is 0 Å². The summed E-state index contributed by atoms with van der Waals surface area (Å²) < 4.78 is 47.7. The fourth-order valence-corrected chi connectivity index (χ4v) is 2.35. The second-order valence-electron chi connectivity index (χ2n) is 4.67. The zero-order valence-electron chi connectivity index (χ0n) is 12.0. The molecule has 2 nitrogen and oxygen atoms in total. The summed E-state index contributed by atoms with van der Waals surface area (Å²) in [5, 5.41) is 2.76. The Morgan fingerprint density at radius 1 is 1.00 bits per heavy atom. The molecule has 0 heterocycles. The molecule has 2 aromatic rings. The summed E-state index contributed by atoms with van der Waals surface area (Å²) in [7, 11) is 2.89. The van der Waals surface area contributed by atoms with E-state index in [9.17, 15) is 13.2 Å². The van der Waals surface area contributed by atoms with E-state index >= 15 is 0 Å². The lowest BCUT2D eigenvalue weighted by Crippen LogP contribution is -2.22. The third kappa shape index (κ3) is 2.74. The summed E-state index contributed by atoms with van der Waals surface area (Å²) in [6, 6.07) is 5.79. The number of halogens is 3. The molecule has 1 atom stereocenters. The van der Waals surface area contributed by atoms with E-state index in [-0.39, 0.29) is 16.9 Å². The number of ether oxygens (including phenoxy) is 1. The van der Waals surface area contributed by atoms with Gasteiger partial charge in [-0.2, -0.15) is 0 Å². The van der Waals surface area contributed by atoms with Crippen LogP contribution in [0.4, 0.5) is 13.2 Å². The van der Waals surface area contributed by atoms with E-state index in [0.717, 1.165) is 0 Å². The minimum Gasteiger partial charge on any atom is -0.496 e. The predicted octanol–water partition coefficient (Wildman–Crippen LogP) is 3.73. The maximum absolute atomic E-state index is 14.3. The fraction of sp³-hybridized carbons (Fsp3) is 0.250. The lowest BCUT2D eigenvalue weighted by molar-refractivity contribution is 0.396. The average Bonchev–Trinajstić information content (AvgIpc) is 2.48. The number of hydrogen-bond acceptors (Lipinski definition) is 2. The average molecular weight is 295 g/mol. The van der Waals surface area contributed by atoms with E-state index in [1.807, 2.05) is 0 Å². The van der Waals surface area contributed by atoms with E-state index in [4.69, 9.17) is 4.74 Å². The number of methoxy groups -OCH3 is 1. The Balaban J connectivity index is 2.69. The van der Waals surface area contributed by atoms with E-state index in [0.29, 0.717) is 5.56 Å². The summed E-state index contributed by atoms with van der Waals surface area (Å²) >= 11 is 0. The number of nitrogens with one attached hydrogen (secondary N) is 1. The maximum atomic E-state index is 14.3. The molecule has 0 aliphatic carbocycles. The molecule has 0 aromatic heterocycles. The minimum atomic E-state index is -0.985. The Labute approximate surface area is 121 Å². The summed E-state index contributed by atoms with van der Waals surface area (Å²) in [5.74, 6) is -1.79. The van der Waals surface area contributed by atoms with Crippen LogP contribution in [0.1, 0.15) is 22.7 Å². The molecule has 0 amide bonds. The number of aryl methyl sites for hydroxylation is 1. The smallest absolute Gasteiger partial charge is 0.134 e. The normalized spacial score (nSPS) is 12.3. The molecule has 0 saturated heterocycles. The summed E-state index contributed by atoms with van der Waals surface area (Å²) in [6.07, 6.45) is 0. The van der Waals surface area contributed by atoms with Gasteiger partial charge in [-0.05, 0) is 37.7 Å². The second kappa shape index (κ2) is 6.18. The van der Waals surface area contributed by atoms with Gasteiger partial charge in [-0.25, -0.2) is 13.2 Å². The maximum Gasteiger partial charge on any atom is 0.134 e. The standard InChI is InChI=1S/C16H16F3NO/c1-9-7-8-11(18)14(15(9)19)16(20-2)13-10(17)5-4-6-12(13)21-3/h4-8,16,20H,1-3H3. The van der Waals surface area contributed by atoms with Gasteiger partial charge in [0, 0.05) is 5.56 Å². The van der Waals surface area contributed by atoms with Crippen LogP contribution in [0.5, 0.6) is 5.75 Å². The van der Waals surface area contributed by atoms with Gasteiger partial charge in [0.05, 0.1) is 18.7 Å². The monoisotopic (exact) mass is 295 g/mol. The molecular formula is C16H16F3NO. The molecule has 0 saturated carbocycles. The molecule has 2 aromatic carbocycles. The van der Waals surface area contributed by atoms with Crippen LogP contribution >= 0.6 is 0 Å². The number of rotatable bonds is 4. The number of benzene rings is 2. The van der Waals surface area contributed by atoms with Crippen LogP contribution < -0.4 is 10.1 Å². The van der Waals surface area contributed by atoms with Gasteiger partial charge in [0.2, 0.25) is 0 Å². The van der Waals surface area contributed by atoms with Crippen molar-refractivity contribution >= 4 is 0 Å². The molecule has 1 unspecified atom stereocenters. The fourth-order valence-electron chi connectivity index (χ4n) is 2.35. The summed E-state index contributed by atoms with van der Waals surface area (Å²) in [4.78, 5) is 0. The van der Waals surface area contributed by atoms with Crippen molar-refractivity contribution in [1.29, 1.82) is 0 Å². The van der Waals surface area contributed by atoms with E-state index < -0.39 is 23.5 Å². The van der Waals surface area contributed by atoms with Crippen molar-refractivity contribution in [3.05, 3.63) is 64.5 Å². The second-order valence-corrected chi connectivity index (χ2v) is 4.67. The molecule has 112 valence electrons. The highest BCUT2D eigenvalue weighted by atomic mass is 19.1. The Morgan fingerprint density at radius 3 is 2.29 bits per heavy atom. The van der Waals surface area contributed by atoms with Crippen LogP contribution in [-0.2, 0) is 0 Å². The lowest BCUT2D eigenvalue weighted by Gasteiger charge is -2.22. The van der Waals surface area contributed by atoms with Gasteiger partial charge in [-0.3, -0.25) is 0 Å². The van der Waals surface area contributed by atoms with Gasteiger partial charge in [0.15, 0.2) is 0 Å². The van der Waals surface area contributed by atoms with Crippen LogP contribution in [-0.4, -0.2) is 14.2 Å². The topological polar surface area (TPSA) is 21.3 Å². The Morgan fingerprint density at radius 2 is 1.67 bits per heavy atom. The van der Waals surface area contributed by atoms with E-state index in [1.165, 1.54) is 45.3 Å². The summed E-state index contributed by atoms with van der Waals surface area (Å²) in [6.45, 7) is 1.53. The zero-order chi connectivity index (χ0) is 15.6. The van der Waals surface area contributed by atoms with Crippen molar-refractivity contribution in [3.8, 4) is 5.75 Å². The molecule has 21 heavy (non-hydrogen) atoms. The Kier molecular flexibility index (Phi) is 4.53. The zero-order valence-corrected chi connectivity index (χ0v) is 12.0. The van der Waals surface area contributed by atoms with Gasteiger partial charge in [-0.1, -0.05) is 12.1 Å². The van der Waals surface area contributed by atoms with Gasteiger partial charge in [0.25, 0.3) is 0 Å².